The molecule has 8 nitrogen and oxygen atoms in total. The number of methoxy groups -OCH3 is 3. The smallest absolute Gasteiger partial charge is 0.330 e. The number of carbonyl (C=O) groups excluding carboxylic acids is 3. The summed E-state index contributed by atoms with van der Waals surface area (Å²) < 4.78 is 20.6. The number of hydrogen-bond acceptors (Lipinski definition) is 9. The molecule has 178 valence electrons. The molecular formula is C25H25NO7S. The largest absolute Gasteiger partial charge is 0.497 e. The van der Waals surface area contributed by atoms with E-state index in [2.05, 4.69) is 4.99 Å². The van der Waals surface area contributed by atoms with Crippen molar-refractivity contribution < 1.29 is 33.3 Å². The predicted octanol–water partition coefficient (Wildman–Crippen LogP) is 3.49. The van der Waals surface area contributed by atoms with Crippen LogP contribution in [0.3, 0.4) is 0 Å². The van der Waals surface area contributed by atoms with Crippen molar-refractivity contribution >= 4 is 34.0 Å². The first-order valence-corrected chi connectivity index (χ1v) is 11.2. The topological polar surface area (TPSA) is 100 Å². The van der Waals surface area contributed by atoms with Crippen LogP contribution in [0.5, 0.6) is 5.75 Å². The Bertz CT molecular complexity index is 1100. The molecule has 2 aromatic rings. The number of rotatable bonds is 9. The van der Waals surface area contributed by atoms with E-state index in [1.807, 2.05) is 30.3 Å². The zero-order valence-electron chi connectivity index (χ0n) is 19.1. The summed E-state index contributed by atoms with van der Waals surface area (Å²) in [5.41, 5.74) is 0.278. The zero-order chi connectivity index (χ0) is 24.6. The average Bonchev–Trinajstić information content (AvgIpc) is 3.18. The van der Waals surface area contributed by atoms with Gasteiger partial charge in [0.15, 0.2) is 5.54 Å². The molecule has 1 atom stereocenters. The molecule has 3 rings (SSSR count). The van der Waals surface area contributed by atoms with Crippen molar-refractivity contribution in [1.82, 2.24) is 0 Å². The fourth-order valence-electron chi connectivity index (χ4n) is 3.38. The second kappa shape index (κ2) is 11.5. The van der Waals surface area contributed by atoms with Crippen LogP contribution in [0, 0.1) is 0 Å². The third-order valence-corrected chi connectivity index (χ3v) is 6.12. The third kappa shape index (κ3) is 6.05. The summed E-state index contributed by atoms with van der Waals surface area (Å²) in [7, 11) is 4.01. The minimum Gasteiger partial charge on any atom is -0.497 e. The van der Waals surface area contributed by atoms with Crippen molar-refractivity contribution in [3.05, 3.63) is 77.4 Å². The van der Waals surface area contributed by atoms with Crippen molar-refractivity contribution in [3.63, 3.8) is 0 Å². The van der Waals surface area contributed by atoms with Gasteiger partial charge in [-0.1, -0.05) is 42.5 Å². The first kappa shape index (κ1) is 25.0. The van der Waals surface area contributed by atoms with Gasteiger partial charge >= 0.3 is 11.9 Å². The van der Waals surface area contributed by atoms with E-state index < -0.39 is 17.5 Å². The van der Waals surface area contributed by atoms with Gasteiger partial charge in [-0.25, -0.2) is 9.79 Å². The van der Waals surface area contributed by atoms with Crippen LogP contribution >= 0.6 is 11.8 Å². The Morgan fingerprint density at radius 2 is 1.68 bits per heavy atom. The van der Waals surface area contributed by atoms with Gasteiger partial charge in [0.2, 0.25) is 5.12 Å². The van der Waals surface area contributed by atoms with E-state index in [0.717, 1.165) is 29.0 Å². The molecule has 0 spiro atoms. The van der Waals surface area contributed by atoms with E-state index in [-0.39, 0.29) is 35.4 Å². The number of nitrogens with zero attached hydrogens (tertiary/aromatic N) is 1. The number of hydrogen-bond donors (Lipinski definition) is 0. The van der Waals surface area contributed by atoms with E-state index in [1.54, 1.807) is 31.4 Å². The highest BCUT2D eigenvalue weighted by Crippen LogP contribution is 2.41. The van der Waals surface area contributed by atoms with E-state index in [4.69, 9.17) is 18.9 Å². The van der Waals surface area contributed by atoms with Gasteiger partial charge in [0.25, 0.3) is 5.23 Å². The lowest BCUT2D eigenvalue weighted by molar-refractivity contribution is -0.139. The molecule has 1 aliphatic rings. The Balaban J connectivity index is 2.02. The highest BCUT2D eigenvalue weighted by molar-refractivity contribution is 8.26. The molecule has 2 aromatic carbocycles. The fourth-order valence-corrected chi connectivity index (χ4v) is 4.28. The number of benzene rings is 2. The van der Waals surface area contributed by atoms with Crippen molar-refractivity contribution in [2.75, 3.05) is 21.3 Å². The van der Waals surface area contributed by atoms with Gasteiger partial charge in [-0.2, -0.15) is 0 Å². The molecule has 0 aromatic heterocycles. The Kier molecular flexibility index (Phi) is 8.48. The molecule has 34 heavy (non-hydrogen) atoms. The summed E-state index contributed by atoms with van der Waals surface area (Å²) in [5, 5.41) is -0.214. The van der Waals surface area contributed by atoms with Crippen LogP contribution in [-0.2, 0) is 41.6 Å². The van der Waals surface area contributed by atoms with Gasteiger partial charge in [0, 0.05) is 24.3 Å². The van der Waals surface area contributed by atoms with Crippen LogP contribution in [0.2, 0.25) is 0 Å². The van der Waals surface area contributed by atoms with E-state index in [9.17, 15) is 14.4 Å². The molecule has 9 heteroatoms. The van der Waals surface area contributed by atoms with E-state index in [1.165, 1.54) is 14.2 Å². The SMILES string of the molecule is COC(=O)/C=C(\CC(=O)OC)[C@]1(Cc2ccc(OC)cc2)N=C(OCc2ccccc2)SC1=O. The summed E-state index contributed by atoms with van der Waals surface area (Å²) in [5.74, 6) is -0.671. The van der Waals surface area contributed by atoms with Gasteiger partial charge in [0.05, 0.1) is 27.8 Å². The minimum absolute atomic E-state index is 0.0981. The maximum Gasteiger partial charge on any atom is 0.330 e. The lowest BCUT2D eigenvalue weighted by Crippen LogP contribution is -2.38. The minimum atomic E-state index is -1.55. The summed E-state index contributed by atoms with van der Waals surface area (Å²) in [6, 6.07) is 16.6. The Labute approximate surface area is 201 Å². The number of aliphatic imine (C=N–C) groups is 1. The molecule has 0 unspecified atom stereocenters. The maximum absolute atomic E-state index is 13.4. The van der Waals surface area contributed by atoms with Crippen molar-refractivity contribution in [3.8, 4) is 5.75 Å². The van der Waals surface area contributed by atoms with Crippen LogP contribution in [0.15, 0.2) is 71.2 Å². The lowest BCUT2D eigenvalue weighted by Gasteiger charge is -2.26. The van der Waals surface area contributed by atoms with E-state index >= 15 is 0 Å². The molecule has 0 amide bonds. The van der Waals surface area contributed by atoms with Gasteiger partial charge in [-0.15, -0.1) is 0 Å². The second-order valence-electron chi connectivity index (χ2n) is 7.37. The van der Waals surface area contributed by atoms with E-state index in [0.29, 0.717) is 5.75 Å². The van der Waals surface area contributed by atoms with Crippen LogP contribution in [0.1, 0.15) is 17.5 Å². The van der Waals surface area contributed by atoms with Crippen LogP contribution in [-0.4, -0.2) is 49.2 Å². The monoisotopic (exact) mass is 483 g/mol. The van der Waals surface area contributed by atoms with Gasteiger partial charge < -0.3 is 18.9 Å². The van der Waals surface area contributed by atoms with Gasteiger partial charge in [-0.3, -0.25) is 9.59 Å². The Morgan fingerprint density at radius 1 is 0.971 bits per heavy atom. The number of thioether (sulfide) groups is 1. The van der Waals surface area contributed by atoms with Crippen LogP contribution < -0.4 is 4.74 Å². The average molecular weight is 484 g/mol. The lowest BCUT2D eigenvalue weighted by atomic mass is 9.83. The predicted molar refractivity (Wildman–Crippen MR) is 127 cm³/mol. The number of esters is 2. The molecule has 0 saturated carbocycles. The van der Waals surface area contributed by atoms with Crippen LogP contribution in [0.25, 0.3) is 0 Å². The first-order valence-electron chi connectivity index (χ1n) is 10.4. The maximum atomic E-state index is 13.4. The quantitative estimate of drug-likeness (QED) is 0.395. The highest BCUT2D eigenvalue weighted by Gasteiger charge is 2.49. The Hall–Kier alpha value is -3.59. The van der Waals surface area contributed by atoms with Crippen LogP contribution in [0.4, 0.5) is 0 Å². The molecule has 0 N–H and O–H groups in total. The third-order valence-electron chi connectivity index (χ3n) is 5.21. The standard InChI is InChI=1S/C25H25NO7S/c1-30-20-11-9-17(10-12-20)15-25(19(13-21(27)31-2)14-22(28)32-3)23(29)34-24(26-25)33-16-18-7-5-4-6-8-18/h4-13H,14-16H2,1-3H3/b19-13+/t25-/m0/s1. The van der Waals surface area contributed by atoms with Gasteiger partial charge in [0.1, 0.15) is 12.4 Å². The summed E-state index contributed by atoms with van der Waals surface area (Å²) in [6.45, 7) is 0.214. The van der Waals surface area contributed by atoms with Crippen molar-refractivity contribution in [1.29, 1.82) is 0 Å². The first-order chi connectivity index (χ1) is 16.4. The molecule has 0 saturated heterocycles. The number of ether oxygens (including phenoxy) is 4. The molecule has 0 radical (unpaired) electrons. The normalized spacial score (nSPS) is 17.7. The molecule has 1 heterocycles. The number of carbonyl (C=O) groups is 3. The zero-order valence-corrected chi connectivity index (χ0v) is 19.9. The molecule has 0 fully saturated rings. The van der Waals surface area contributed by atoms with Crippen molar-refractivity contribution in [2.24, 2.45) is 4.99 Å². The summed E-state index contributed by atoms with van der Waals surface area (Å²) in [6.07, 6.45) is 0.910. The van der Waals surface area contributed by atoms with Gasteiger partial charge in [-0.05, 0) is 28.8 Å². The second-order valence-corrected chi connectivity index (χ2v) is 8.30. The molecule has 0 aliphatic carbocycles. The molecular weight excluding hydrogens is 458 g/mol. The summed E-state index contributed by atoms with van der Waals surface area (Å²) >= 11 is 0.835. The summed E-state index contributed by atoms with van der Waals surface area (Å²) in [4.78, 5) is 42.4. The Morgan fingerprint density at radius 3 is 2.29 bits per heavy atom. The fraction of sp³-hybridized carbons (Fsp3) is 0.280. The highest BCUT2D eigenvalue weighted by atomic mass is 32.2. The van der Waals surface area contributed by atoms with Crippen molar-refractivity contribution in [2.45, 2.75) is 25.0 Å². The molecule has 1 aliphatic heterocycles. The molecule has 0 bridgehead atoms.